The van der Waals surface area contributed by atoms with Gasteiger partial charge in [0.1, 0.15) is 10.3 Å². The minimum Gasteiger partial charge on any atom is -0.493 e. The molecule has 2 aromatic heterocycles. The number of aromatic carboxylic acids is 1. The van der Waals surface area contributed by atoms with Crippen LogP contribution >= 0.6 is 11.3 Å². The van der Waals surface area contributed by atoms with Gasteiger partial charge in [-0.25, -0.2) is 19.7 Å². The maximum Gasteiger partial charge on any atom is 0.335 e. The number of carboxylic acid groups (broad SMARTS) is 1. The van der Waals surface area contributed by atoms with Crippen LogP contribution in [0.1, 0.15) is 15.9 Å². The van der Waals surface area contributed by atoms with Gasteiger partial charge in [-0.1, -0.05) is 24.8 Å². The van der Waals surface area contributed by atoms with Crippen molar-refractivity contribution in [3.8, 4) is 22.9 Å². The number of hydrogen-bond acceptors (Lipinski definition) is 9. The molecule has 9 nitrogen and oxygen atoms in total. The van der Waals surface area contributed by atoms with Crippen molar-refractivity contribution in [2.75, 3.05) is 24.9 Å². The molecule has 0 amide bonds. The Balaban J connectivity index is 1.44. The molecule has 3 aromatic carbocycles. The summed E-state index contributed by atoms with van der Waals surface area (Å²) >= 11 is 1.43. The van der Waals surface area contributed by atoms with Gasteiger partial charge in [0.15, 0.2) is 23.1 Å². The number of carbonyl (C=O) groups is 1. The number of anilines is 3. The molecule has 3 N–H and O–H groups in total. The Morgan fingerprint density at radius 2 is 1.68 bits per heavy atom. The van der Waals surface area contributed by atoms with Crippen molar-refractivity contribution in [1.29, 1.82) is 0 Å². The molecule has 0 aliphatic rings. The van der Waals surface area contributed by atoms with Gasteiger partial charge < -0.3 is 25.2 Å². The van der Waals surface area contributed by atoms with E-state index in [0.717, 1.165) is 27.3 Å². The van der Waals surface area contributed by atoms with Gasteiger partial charge in [-0.3, -0.25) is 0 Å². The van der Waals surface area contributed by atoms with Crippen molar-refractivity contribution in [3.63, 3.8) is 0 Å². The van der Waals surface area contributed by atoms with Crippen LogP contribution in [0.15, 0.2) is 78.8 Å². The lowest BCUT2D eigenvalue weighted by Crippen LogP contribution is -2.01. The predicted octanol–water partition coefficient (Wildman–Crippen LogP) is 6.30. The highest BCUT2D eigenvalue weighted by molar-refractivity contribution is 7.16. The highest BCUT2D eigenvalue weighted by Gasteiger charge is 2.14. The van der Waals surface area contributed by atoms with E-state index in [0.29, 0.717) is 34.4 Å². The summed E-state index contributed by atoms with van der Waals surface area (Å²) in [4.78, 5) is 25.8. The zero-order chi connectivity index (χ0) is 26.6. The van der Waals surface area contributed by atoms with E-state index in [1.807, 2.05) is 42.5 Å². The van der Waals surface area contributed by atoms with Crippen LogP contribution in [0.25, 0.3) is 27.4 Å². The fourth-order valence-corrected chi connectivity index (χ4v) is 4.48. The third-order valence-electron chi connectivity index (χ3n) is 5.74. The van der Waals surface area contributed by atoms with Crippen LogP contribution in [0.2, 0.25) is 0 Å². The molecule has 0 aliphatic carbocycles. The summed E-state index contributed by atoms with van der Waals surface area (Å²) in [6.07, 6.45) is 0. The molecule has 190 valence electrons. The predicted molar refractivity (Wildman–Crippen MR) is 150 cm³/mol. The standard InChI is InChI=1S/C28H23N5O4S/c1-16(30-20-9-7-17(8-10-20)28(34)35)18-5-4-6-19(13-18)25-32-26(24-27(33-25)38-15-29-24)31-21-11-12-22(36-2)23(14-21)37-3/h4-15,30H,1H2,2-3H3,(H,34,35)(H,31,32,33). The van der Waals surface area contributed by atoms with E-state index < -0.39 is 5.97 Å². The molecule has 0 atom stereocenters. The van der Waals surface area contributed by atoms with E-state index in [-0.39, 0.29) is 5.56 Å². The first-order valence-electron chi connectivity index (χ1n) is 11.5. The molecule has 0 fully saturated rings. The Morgan fingerprint density at radius 3 is 2.42 bits per heavy atom. The summed E-state index contributed by atoms with van der Waals surface area (Å²) in [5.41, 5.74) is 6.41. The van der Waals surface area contributed by atoms with Gasteiger partial charge >= 0.3 is 5.97 Å². The second kappa shape index (κ2) is 10.6. The van der Waals surface area contributed by atoms with Gasteiger partial charge in [0, 0.05) is 28.7 Å². The summed E-state index contributed by atoms with van der Waals surface area (Å²) in [5, 5.41) is 15.7. The molecule has 0 unspecified atom stereocenters. The lowest BCUT2D eigenvalue weighted by atomic mass is 10.1. The monoisotopic (exact) mass is 525 g/mol. The minimum atomic E-state index is -0.971. The van der Waals surface area contributed by atoms with Gasteiger partial charge in [-0.2, -0.15) is 0 Å². The van der Waals surface area contributed by atoms with Crippen LogP contribution in [0.3, 0.4) is 0 Å². The number of carboxylic acids is 1. The fraction of sp³-hybridized carbons (Fsp3) is 0.0714. The van der Waals surface area contributed by atoms with E-state index in [2.05, 4.69) is 22.2 Å². The largest absolute Gasteiger partial charge is 0.493 e. The third kappa shape index (κ3) is 5.11. The van der Waals surface area contributed by atoms with Crippen LogP contribution < -0.4 is 20.1 Å². The third-order valence-corrected chi connectivity index (χ3v) is 6.46. The molecular formula is C28H23N5O4S. The lowest BCUT2D eigenvalue weighted by Gasteiger charge is -2.13. The zero-order valence-electron chi connectivity index (χ0n) is 20.6. The van der Waals surface area contributed by atoms with Gasteiger partial charge in [0.2, 0.25) is 0 Å². The van der Waals surface area contributed by atoms with Crippen molar-refractivity contribution in [2.24, 2.45) is 0 Å². The van der Waals surface area contributed by atoms with Crippen LogP contribution in [-0.2, 0) is 0 Å². The Bertz CT molecular complexity index is 1650. The summed E-state index contributed by atoms with van der Waals surface area (Å²) in [6, 6.07) is 19.7. The number of methoxy groups -OCH3 is 2. The zero-order valence-corrected chi connectivity index (χ0v) is 21.4. The number of thiazole rings is 1. The Kier molecular flexibility index (Phi) is 6.88. The summed E-state index contributed by atoms with van der Waals surface area (Å²) < 4.78 is 10.8. The number of rotatable bonds is 9. The highest BCUT2D eigenvalue weighted by Crippen LogP contribution is 2.33. The second-order valence-electron chi connectivity index (χ2n) is 8.16. The second-order valence-corrected chi connectivity index (χ2v) is 9.00. The normalized spacial score (nSPS) is 10.7. The van der Waals surface area contributed by atoms with Gasteiger partial charge in [-0.05, 0) is 48.0 Å². The Hall–Kier alpha value is -4.96. The number of aromatic nitrogens is 3. The number of fused-ring (bicyclic) bond motifs is 1. The first-order chi connectivity index (χ1) is 18.4. The molecule has 38 heavy (non-hydrogen) atoms. The number of ether oxygens (including phenoxy) is 2. The van der Waals surface area contributed by atoms with Crippen LogP contribution in [0.4, 0.5) is 17.2 Å². The van der Waals surface area contributed by atoms with Crippen molar-refractivity contribution in [3.05, 3.63) is 89.9 Å². The minimum absolute atomic E-state index is 0.219. The number of hydrogen-bond donors (Lipinski definition) is 3. The SMILES string of the molecule is C=C(Nc1ccc(C(=O)O)cc1)c1cccc(-c2nc(Nc3ccc(OC)c(OC)c3)c3ncsc3n2)c1. The molecule has 10 heteroatoms. The van der Waals surface area contributed by atoms with E-state index in [4.69, 9.17) is 24.5 Å². The summed E-state index contributed by atoms with van der Waals surface area (Å²) in [5.74, 6) is 1.35. The van der Waals surface area contributed by atoms with Gasteiger partial charge in [-0.15, -0.1) is 11.3 Å². The molecule has 5 rings (SSSR count). The smallest absolute Gasteiger partial charge is 0.335 e. The van der Waals surface area contributed by atoms with E-state index in [1.165, 1.54) is 11.3 Å². The van der Waals surface area contributed by atoms with E-state index >= 15 is 0 Å². The van der Waals surface area contributed by atoms with E-state index in [1.54, 1.807) is 44.0 Å². The van der Waals surface area contributed by atoms with Crippen molar-refractivity contribution in [2.45, 2.75) is 0 Å². The van der Waals surface area contributed by atoms with Crippen molar-refractivity contribution in [1.82, 2.24) is 15.0 Å². The molecule has 5 aromatic rings. The number of nitrogens with zero attached hydrogens (tertiary/aromatic N) is 3. The maximum atomic E-state index is 11.1. The Labute approximate surface area is 222 Å². The molecule has 0 spiro atoms. The van der Waals surface area contributed by atoms with Crippen LogP contribution in [-0.4, -0.2) is 40.2 Å². The molecule has 0 saturated heterocycles. The average Bonchev–Trinajstić information content (AvgIpc) is 3.42. The van der Waals surface area contributed by atoms with Crippen molar-refractivity contribution < 1.29 is 19.4 Å². The maximum absolute atomic E-state index is 11.1. The molecule has 0 radical (unpaired) electrons. The quantitative estimate of drug-likeness (QED) is 0.204. The summed E-state index contributed by atoms with van der Waals surface area (Å²) in [7, 11) is 3.18. The van der Waals surface area contributed by atoms with Gasteiger partial charge in [0.25, 0.3) is 0 Å². The van der Waals surface area contributed by atoms with Crippen LogP contribution in [0.5, 0.6) is 11.5 Å². The number of nitrogens with one attached hydrogen (secondary N) is 2. The van der Waals surface area contributed by atoms with E-state index in [9.17, 15) is 4.79 Å². The first kappa shape index (κ1) is 24.7. The molecule has 0 bridgehead atoms. The molecular weight excluding hydrogens is 502 g/mol. The van der Waals surface area contributed by atoms with Crippen LogP contribution in [0, 0.1) is 0 Å². The lowest BCUT2D eigenvalue weighted by molar-refractivity contribution is 0.0697. The summed E-state index contributed by atoms with van der Waals surface area (Å²) in [6.45, 7) is 4.15. The molecule has 2 heterocycles. The molecule has 0 saturated carbocycles. The Morgan fingerprint density at radius 1 is 0.921 bits per heavy atom. The van der Waals surface area contributed by atoms with Gasteiger partial charge in [0.05, 0.1) is 25.3 Å². The molecule has 0 aliphatic heterocycles. The highest BCUT2D eigenvalue weighted by atomic mass is 32.1. The van der Waals surface area contributed by atoms with Crippen molar-refractivity contribution >= 4 is 50.5 Å². The first-order valence-corrected chi connectivity index (χ1v) is 12.3. The topological polar surface area (TPSA) is 118 Å². The average molecular weight is 526 g/mol. The fourth-order valence-electron chi connectivity index (χ4n) is 3.82. The number of benzene rings is 3.